The first kappa shape index (κ1) is 21.3. The topological polar surface area (TPSA) is 44.7 Å². The third-order valence-corrected chi connectivity index (χ3v) is 5.39. The van der Waals surface area contributed by atoms with E-state index in [1.165, 1.54) is 17.7 Å². The van der Waals surface area contributed by atoms with Crippen LogP contribution < -0.4 is 5.32 Å². The Morgan fingerprint density at radius 2 is 2.00 bits per heavy atom. The Labute approximate surface area is 172 Å². The number of allylic oxidation sites excluding steroid dienone is 4. The summed E-state index contributed by atoms with van der Waals surface area (Å²) in [6, 6.07) is 8.39. The number of halogens is 2. The molecule has 1 radical (unpaired) electrons. The normalized spacial score (nSPS) is 21.0. The maximum absolute atomic E-state index is 13.2. The first-order valence-electron chi connectivity index (χ1n) is 9.86. The van der Waals surface area contributed by atoms with E-state index >= 15 is 0 Å². The van der Waals surface area contributed by atoms with Gasteiger partial charge < -0.3 is 15.2 Å². The fourth-order valence-electron chi connectivity index (χ4n) is 3.44. The van der Waals surface area contributed by atoms with Gasteiger partial charge in [0.1, 0.15) is 23.8 Å². The largest absolute Gasteiger partial charge is 0.494 e. The smallest absolute Gasteiger partial charge is 0.122 e. The van der Waals surface area contributed by atoms with Crippen molar-refractivity contribution in [3.05, 3.63) is 65.0 Å². The summed E-state index contributed by atoms with van der Waals surface area (Å²) in [5.41, 5.74) is 0.267. The van der Waals surface area contributed by atoms with E-state index < -0.39 is 5.60 Å². The average molecular weight is 408 g/mol. The second-order valence-electron chi connectivity index (χ2n) is 7.92. The van der Waals surface area contributed by atoms with E-state index in [2.05, 4.69) is 22.3 Å². The van der Waals surface area contributed by atoms with Gasteiger partial charge in [-0.05, 0) is 63.0 Å². The zero-order valence-electron chi connectivity index (χ0n) is 16.3. The number of nitrogens with zero attached hydrogens (tertiary/aromatic N) is 1. The second kappa shape index (κ2) is 9.88. The minimum atomic E-state index is -1.01. The maximum Gasteiger partial charge on any atom is 0.122 e. The molecule has 1 aromatic rings. The zero-order chi connectivity index (χ0) is 20.0. The lowest BCUT2D eigenvalue weighted by Crippen LogP contribution is -2.49. The highest BCUT2D eigenvalue weighted by Crippen LogP contribution is 2.20. The van der Waals surface area contributed by atoms with Crippen LogP contribution in [0.15, 0.2) is 48.0 Å². The maximum atomic E-state index is 13.2. The molecule has 2 N–H and O–H groups in total. The zero-order valence-corrected chi connectivity index (χ0v) is 17.1. The lowest BCUT2D eigenvalue weighted by molar-refractivity contribution is -0.0130. The highest BCUT2D eigenvalue weighted by Gasteiger charge is 2.26. The van der Waals surface area contributed by atoms with Crippen molar-refractivity contribution in [3.8, 4) is 0 Å². The Morgan fingerprint density at radius 3 is 2.68 bits per heavy atom. The molecule has 1 saturated heterocycles. The van der Waals surface area contributed by atoms with Crippen LogP contribution in [0.25, 0.3) is 0 Å². The van der Waals surface area contributed by atoms with Crippen molar-refractivity contribution in [1.82, 2.24) is 10.2 Å². The predicted molar refractivity (Wildman–Crippen MR) is 111 cm³/mol. The third-order valence-electron chi connectivity index (χ3n) is 5.14. The quantitative estimate of drug-likeness (QED) is 0.683. The summed E-state index contributed by atoms with van der Waals surface area (Å²) >= 11 is 5.94. The van der Waals surface area contributed by atoms with Crippen molar-refractivity contribution in [3.63, 3.8) is 0 Å². The van der Waals surface area contributed by atoms with Crippen molar-refractivity contribution in [1.29, 1.82) is 0 Å². The van der Waals surface area contributed by atoms with Crippen LogP contribution >= 0.6 is 11.6 Å². The fourth-order valence-corrected chi connectivity index (χ4v) is 3.57. The molecule has 3 rings (SSSR count). The van der Waals surface area contributed by atoms with Crippen LogP contribution in [0, 0.1) is 6.42 Å². The molecule has 0 unspecified atom stereocenters. The van der Waals surface area contributed by atoms with E-state index in [0.717, 1.165) is 37.5 Å². The van der Waals surface area contributed by atoms with Crippen molar-refractivity contribution < 1.29 is 14.2 Å². The molecule has 4 nitrogen and oxygen atoms in total. The van der Waals surface area contributed by atoms with E-state index in [9.17, 15) is 9.50 Å². The Hall–Kier alpha value is -1.40. The van der Waals surface area contributed by atoms with Crippen molar-refractivity contribution in [2.75, 3.05) is 26.2 Å². The summed E-state index contributed by atoms with van der Waals surface area (Å²) in [4.78, 5) is 2.44. The lowest BCUT2D eigenvalue weighted by Gasteiger charge is -2.34. The van der Waals surface area contributed by atoms with Gasteiger partial charge in [0, 0.05) is 36.7 Å². The average Bonchev–Trinajstić information content (AvgIpc) is 2.68. The molecule has 2 aliphatic rings. The number of piperidine rings is 1. The summed E-state index contributed by atoms with van der Waals surface area (Å²) in [5.74, 6) is 0.191. The Morgan fingerprint density at radius 1 is 1.29 bits per heavy atom. The Bertz CT molecular complexity index is 695. The molecule has 1 heterocycles. The Kier molecular flexibility index (Phi) is 7.52. The summed E-state index contributed by atoms with van der Waals surface area (Å²) < 4.78 is 18.8. The Balaban J connectivity index is 1.36. The van der Waals surface area contributed by atoms with E-state index in [4.69, 9.17) is 16.3 Å². The molecule has 0 spiro atoms. The highest BCUT2D eigenvalue weighted by molar-refractivity contribution is 6.30. The molecule has 28 heavy (non-hydrogen) atoms. The molecule has 0 saturated carbocycles. The van der Waals surface area contributed by atoms with Crippen LogP contribution in [0.2, 0.25) is 5.02 Å². The standard InChI is InChI=1S/C22H29ClFN2O2/c1-22(27,16-28-21-4-2-3-19(24)13-21)15-25-20-9-11-26(12-10-20)14-17-5-7-18(23)8-6-17/h3-8,13,20,25,27H,2,9-12,14-16H2,1H3/t22-/m0/s1. The number of ether oxygens (including phenoxy) is 1. The van der Waals surface area contributed by atoms with E-state index in [1.807, 2.05) is 18.6 Å². The first-order valence-corrected chi connectivity index (χ1v) is 10.2. The van der Waals surface area contributed by atoms with Gasteiger partial charge >= 0.3 is 0 Å². The molecule has 0 bridgehead atoms. The van der Waals surface area contributed by atoms with Gasteiger partial charge in [-0.25, -0.2) is 4.39 Å². The minimum Gasteiger partial charge on any atom is -0.494 e. The molecule has 0 amide bonds. The number of aliphatic hydroxyl groups is 1. The van der Waals surface area contributed by atoms with Crippen molar-refractivity contribution in [2.45, 2.75) is 44.4 Å². The number of likely N-dealkylation sites (tertiary alicyclic amines) is 1. The fraction of sp³-hybridized carbons (Fsp3) is 0.500. The van der Waals surface area contributed by atoms with Gasteiger partial charge in [0.2, 0.25) is 0 Å². The summed E-state index contributed by atoms with van der Waals surface area (Å²) in [6.45, 7) is 5.29. The molecule has 0 aromatic heterocycles. The minimum absolute atomic E-state index is 0.130. The second-order valence-corrected chi connectivity index (χ2v) is 8.36. The van der Waals surface area contributed by atoms with Gasteiger partial charge in [0.05, 0.1) is 0 Å². The number of hydrogen-bond donors (Lipinski definition) is 2. The van der Waals surface area contributed by atoms with Gasteiger partial charge in [-0.1, -0.05) is 23.7 Å². The van der Waals surface area contributed by atoms with Gasteiger partial charge in [0.25, 0.3) is 0 Å². The van der Waals surface area contributed by atoms with E-state index in [-0.39, 0.29) is 12.4 Å². The number of rotatable bonds is 8. The highest BCUT2D eigenvalue weighted by atomic mass is 35.5. The van der Waals surface area contributed by atoms with Crippen LogP contribution in [0.4, 0.5) is 4.39 Å². The molecule has 1 aliphatic heterocycles. The van der Waals surface area contributed by atoms with Gasteiger partial charge in [0.15, 0.2) is 0 Å². The van der Waals surface area contributed by atoms with E-state index in [1.54, 1.807) is 6.92 Å². The van der Waals surface area contributed by atoms with Gasteiger partial charge in [-0.15, -0.1) is 0 Å². The molecule has 153 valence electrons. The van der Waals surface area contributed by atoms with Crippen LogP contribution in [0.1, 0.15) is 31.7 Å². The molecular weight excluding hydrogens is 379 g/mol. The van der Waals surface area contributed by atoms with Crippen LogP contribution in [0.5, 0.6) is 0 Å². The lowest BCUT2D eigenvalue weighted by atomic mass is 10.0. The van der Waals surface area contributed by atoms with Crippen LogP contribution in [0.3, 0.4) is 0 Å². The van der Waals surface area contributed by atoms with Crippen LogP contribution in [-0.2, 0) is 11.3 Å². The summed E-state index contributed by atoms with van der Waals surface area (Å²) in [5, 5.41) is 14.8. The first-order chi connectivity index (χ1) is 13.4. The number of hydrogen-bond acceptors (Lipinski definition) is 4. The molecule has 6 heteroatoms. The summed E-state index contributed by atoms with van der Waals surface area (Å²) in [7, 11) is 0. The van der Waals surface area contributed by atoms with Gasteiger partial charge in [-0.2, -0.15) is 0 Å². The molecule has 1 aliphatic carbocycles. The third kappa shape index (κ3) is 6.89. The number of nitrogens with one attached hydrogen (secondary N) is 1. The number of benzene rings is 1. The molecule has 1 atom stereocenters. The predicted octanol–water partition coefficient (Wildman–Crippen LogP) is 4.01. The van der Waals surface area contributed by atoms with Crippen molar-refractivity contribution in [2.24, 2.45) is 0 Å². The molecule has 1 fully saturated rings. The SMILES string of the molecule is C[C@](O)(CNC1CCN(Cc2ccc(Cl)cc2)CC1)COC1=CC(F)=CC[CH]1. The van der Waals surface area contributed by atoms with Gasteiger partial charge in [-0.3, -0.25) is 4.90 Å². The van der Waals surface area contributed by atoms with Crippen LogP contribution in [-0.4, -0.2) is 47.9 Å². The van der Waals surface area contributed by atoms with E-state index in [0.29, 0.717) is 24.8 Å². The van der Waals surface area contributed by atoms with Crippen molar-refractivity contribution >= 4 is 11.6 Å². The molecular formula is C22H29ClFN2O2. The monoisotopic (exact) mass is 407 g/mol. The summed E-state index contributed by atoms with van der Waals surface area (Å²) in [6.07, 6.45) is 7.25. The molecule has 1 aromatic carbocycles.